The van der Waals surface area contributed by atoms with Crippen molar-refractivity contribution in [2.75, 3.05) is 44.2 Å². The second-order valence-corrected chi connectivity index (χ2v) is 7.03. The number of pyridine rings is 1. The van der Waals surface area contributed by atoms with Crippen molar-refractivity contribution in [3.63, 3.8) is 0 Å². The average molecular weight is 418 g/mol. The lowest BCUT2D eigenvalue weighted by atomic mass is 10.0. The maximum atomic E-state index is 8.36. The molecule has 2 aliphatic heterocycles. The summed E-state index contributed by atoms with van der Waals surface area (Å²) in [6.45, 7) is 7.39. The highest BCUT2D eigenvalue weighted by Crippen LogP contribution is 2.22. The smallest absolute Gasteiger partial charge is 0.290 e. The standard InChI is InChI=1S/C19H26N4O.2CH2O2/c1-2-19(24-15-1)16-21-9-5-18(6-10-21)23-13-11-22(12-14-23)17-3-7-20-8-4-17;2*2-1-3/h1-4,7-8,15,18H,5-6,9-14,16H2;2*1H,(H,2,3). The van der Waals surface area contributed by atoms with Gasteiger partial charge in [0, 0.05) is 63.4 Å². The predicted molar refractivity (Wildman–Crippen MR) is 112 cm³/mol. The number of hydrogen-bond acceptors (Lipinski definition) is 7. The van der Waals surface area contributed by atoms with Gasteiger partial charge in [0.15, 0.2) is 0 Å². The highest BCUT2D eigenvalue weighted by molar-refractivity contribution is 5.45. The van der Waals surface area contributed by atoms with Gasteiger partial charge in [-0.15, -0.1) is 0 Å². The minimum Gasteiger partial charge on any atom is -0.483 e. The number of nitrogens with zero attached hydrogens (tertiary/aromatic N) is 4. The van der Waals surface area contributed by atoms with Crippen LogP contribution < -0.4 is 4.90 Å². The fraction of sp³-hybridized carbons (Fsp3) is 0.476. The Morgan fingerprint density at radius 2 is 1.57 bits per heavy atom. The molecule has 0 radical (unpaired) electrons. The van der Waals surface area contributed by atoms with Crippen molar-refractivity contribution in [1.29, 1.82) is 0 Å². The van der Waals surface area contributed by atoms with Gasteiger partial charge in [-0.1, -0.05) is 0 Å². The van der Waals surface area contributed by atoms with Crippen molar-refractivity contribution in [3.8, 4) is 0 Å². The molecule has 0 aromatic carbocycles. The summed E-state index contributed by atoms with van der Waals surface area (Å²) in [4.78, 5) is 28.5. The van der Waals surface area contributed by atoms with Crippen LogP contribution in [-0.4, -0.2) is 83.3 Å². The van der Waals surface area contributed by atoms with Gasteiger partial charge in [-0.05, 0) is 37.1 Å². The Balaban J connectivity index is 0.000000480. The van der Waals surface area contributed by atoms with Crippen molar-refractivity contribution in [2.45, 2.75) is 25.4 Å². The summed E-state index contributed by atoms with van der Waals surface area (Å²) in [5.41, 5.74) is 1.30. The van der Waals surface area contributed by atoms with E-state index in [2.05, 4.69) is 37.9 Å². The number of anilines is 1. The van der Waals surface area contributed by atoms with Crippen LogP contribution in [0.4, 0.5) is 5.69 Å². The summed E-state index contributed by atoms with van der Waals surface area (Å²) in [5.74, 6) is 1.08. The van der Waals surface area contributed by atoms with Crippen LogP contribution in [0.2, 0.25) is 0 Å². The van der Waals surface area contributed by atoms with Gasteiger partial charge >= 0.3 is 0 Å². The number of carboxylic acid groups (broad SMARTS) is 2. The molecule has 0 amide bonds. The number of piperazine rings is 1. The minimum absolute atomic E-state index is 0.250. The van der Waals surface area contributed by atoms with Crippen LogP contribution in [0.1, 0.15) is 18.6 Å². The molecule has 9 nitrogen and oxygen atoms in total. The van der Waals surface area contributed by atoms with E-state index >= 15 is 0 Å². The Kier molecular flexibility index (Phi) is 10.4. The topological polar surface area (TPSA) is 110 Å². The van der Waals surface area contributed by atoms with Gasteiger partial charge in [-0.2, -0.15) is 0 Å². The average Bonchev–Trinajstić information content (AvgIpc) is 3.29. The first kappa shape index (κ1) is 23.4. The Hall–Kier alpha value is -2.91. The zero-order valence-electron chi connectivity index (χ0n) is 17.0. The number of aromatic nitrogens is 1. The van der Waals surface area contributed by atoms with Crippen molar-refractivity contribution in [3.05, 3.63) is 48.7 Å². The monoisotopic (exact) mass is 418 g/mol. The zero-order valence-corrected chi connectivity index (χ0v) is 17.0. The molecule has 0 saturated carbocycles. The van der Waals surface area contributed by atoms with E-state index < -0.39 is 0 Å². The summed E-state index contributed by atoms with van der Waals surface area (Å²) in [7, 11) is 0. The molecular weight excluding hydrogens is 388 g/mol. The molecule has 4 heterocycles. The summed E-state index contributed by atoms with van der Waals surface area (Å²) in [6, 6.07) is 9.03. The lowest BCUT2D eigenvalue weighted by molar-refractivity contribution is -0.123. The van der Waals surface area contributed by atoms with Gasteiger partial charge in [-0.3, -0.25) is 24.4 Å². The molecule has 0 spiro atoms. The molecule has 0 unspecified atom stereocenters. The molecule has 4 rings (SSSR count). The molecule has 2 aromatic rings. The molecule has 0 bridgehead atoms. The van der Waals surface area contributed by atoms with Crippen LogP contribution in [0.25, 0.3) is 0 Å². The SMILES string of the molecule is O=CO.O=CO.c1coc(CN2CCC(N3CCN(c4ccncc4)CC3)CC2)c1. The van der Waals surface area contributed by atoms with E-state index in [9.17, 15) is 0 Å². The highest BCUT2D eigenvalue weighted by Gasteiger charge is 2.27. The van der Waals surface area contributed by atoms with Crippen LogP contribution in [0.5, 0.6) is 0 Å². The predicted octanol–water partition coefficient (Wildman–Crippen LogP) is 1.86. The normalized spacial score (nSPS) is 17.8. The van der Waals surface area contributed by atoms with Gasteiger partial charge in [0.1, 0.15) is 5.76 Å². The summed E-state index contributed by atoms with van der Waals surface area (Å²) >= 11 is 0. The lowest BCUT2D eigenvalue weighted by Gasteiger charge is -2.43. The van der Waals surface area contributed by atoms with Gasteiger partial charge in [0.05, 0.1) is 12.8 Å². The van der Waals surface area contributed by atoms with E-state index in [1.807, 2.05) is 18.5 Å². The van der Waals surface area contributed by atoms with E-state index in [4.69, 9.17) is 24.2 Å². The second-order valence-electron chi connectivity index (χ2n) is 7.03. The Labute approximate surface area is 176 Å². The van der Waals surface area contributed by atoms with Crippen LogP contribution in [0, 0.1) is 0 Å². The number of carbonyl (C=O) groups is 2. The quantitative estimate of drug-likeness (QED) is 0.719. The Morgan fingerprint density at radius 1 is 0.967 bits per heavy atom. The number of rotatable bonds is 4. The molecular formula is C21H30N4O5. The molecule has 0 aliphatic carbocycles. The van der Waals surface area contributed by atoms with E-state index in [0.717, 1.165) is 31.4 Å². The number of piperidine rings is 1. The van der Waals surface area contributed by atoms with Crippen molar-refractivity contribution in [1.82, 2.24) is 14.8 Å². The molecule has 2 aromatic heterocycles. The first-order valence-corrected chi connectivity index (χ1v) is 10.0. The minimum atomic E-state index is -0.250. The first-order chi connectivity index (χ1) is 14.7. The summed E-state index contributed by atoms with van der Waals surface area (Å²) < 4.78 is 5.47. The molecule has 2 aliphatic rings. The van der Waals surface area contributed by atoms with E-state index in [-0.39, 0.29) is 12.9 Å². The Morgan fingerprint density at radius 3 is 2.10 bits per heavy atom. The summed E-state index contributed by atoms with van der Waals surface area (Å²) in [6.07, 6.45) is 8.09. The fourth-order valence-corrected chi connectivity index (χ4v) is 3.97. The van der Waals surface area contributed by atoms with Crippen molar-refractivity contribution >= 4 is 18.6 Å². The van der Waals surface area contributed by atoms with Gasteiger partial charge < -0.3 is 19.5 Å². The maximum Gasteiger partial charge on any atom is 0.290 e. The number of furan rings is 1. The number of hydrogen-bond donors (Lipinski definition) is 2. The molecule has 2 saturated heterocycles. The van der Waals surface area contributed by atoms with Crippen LogP contribution in [-0.2, 0) is 16.1 Å². The van der Waals surface area contributed by atoms with E-state index in [1.165, 1.54) is 44.7 Å². The lowest BCUT2D eigenvalue weighted by Crippen LogP contribution is -2.53. The largest absolute Gasteiger partial charge is 0.483 e. The van der Waals surface area contributed by atoms with Gasteiger partial charge in [0.2, 0.25) is 0 Å². The first-order valence-electron chi connectivity index (χ1n) is 10.0. The van der Waals surface area contributed by atoms with Crippen LogP contribution in [0.3, 0.4) is 0 Å². The maximum absolute atomic E-state index is 8.36. The highest BCUT2D eigenvalue weighted by atomic mass is 16.3. The third-order valence-electron chi connectivity index (χ3n) is 5.38. The van der Waals surface area contributed by atoms with Crippen molar-refractivity contribution in [2.24, 2.45) is 0 Å². The third kappa shape index (κ3) is 7.49. The van der Waals surface area contributed by atoms with Gasteiger partial charge in [-0.25, -0.2) is 0 Å². The van der Waals surface area contributed by atoms with Crippen LogP contribution in [0.15, 0.2) is 47.3 Å². The van der Waals surface area contributed by atoms with E-state index in [0.29, 0.717) is 0 Å². The molecule has 2 fully saturated rings. The zero-order chi connectivity index (χ0) is 21.6. The fourth-order valence-electron chi connectivity index (χ4n) is 3.97. The third-order valence-corrected chi connectivity index (χ3v) is 5.38. The molecule has 2 N–H and O–H groups in total. The molecule has 0 atom stereocenters. The number of likely N-dealkylation sites (tertiary alicyclic amines) is 1. The van der Waals surface area contributed by atoms with Gasteiger partial charge in [0.25, 0.3) is 12.9 Å². The van der Waals surface area contributed by atoms with Crippen LogP contribution >= 0.6 is 0 Å². The Bertz CT molecular complexity index is 691. The van der Waals surface area contributed by atoms with Crippen molar-refractivity contribution < 1.29 is 24.2 Å². The molecule has 30 heavy (non-hydrogen) atoms. The second kappa shape index (κ2) is 13.3. The molecule has 9 heteroatoms. The molecule has 164 valence electrons. The summed E-state index contributed by atoms with van der Waals surface area (Å²) in [5, 5.41) is 13.8. The van der Waals surface area contributed by atoms with E-state index in [1.54, 1.807) is 6.26 Å².